The zero-order valence-electron chi connectivity index (χ0n) is 14.1. The molecule has 0 aliphatic heterocycles. The maximum atomic E-state index is 6.30. The number of nitrogens with one attached hydrogen (secondary N) is 2. The van der Waals surface area contributed by atoms with Crippen LogP contribution in [0.3, 0.4) is 0 Å². The minimum Gasteiger partial charge on any atom is -0.358 e. The molecular formula is C19H17ClN4S. The van der Waals surface area contributed by atoms with Gasteiger partial charge in [-0.15, -0.1) is 0 Å². The molecule has 0 spiro atoms. The first-order valence-corrected chi connectivity index (χ1v) is 8.78. The van der Waals surface area contributed by atoms with E-state index in [2.05, 4.69) is 47.2 Å². The fourth-order valence-corrected chi connectivity index (χ4v) is 3.55. The number of H-pyrrole nitrogens is 2. The van der Waals surface area contributed by atoms with E-state index in [0.29, 0.717) is 9.79 Å². The molecule has 126 valence electrons. The van der Waals surface area contributed by atoms with Crippen molar-refractivity contribution in [2.45, 2.75) is 20.8 Å². The van der Waals surface area contributed by atoms with E-state index in [1.165, 1.54) is 16.6 Å². The molecule has 0 atom stereocenters. The number of benzene rings is 2. The number of aromatic nitrogens is 4. The van der Waals surface area contributed by atoms with Gasteiger partial charge in [0.15, 0.2) is 10.6 Å². The van der Waals surface area contributed by atoms with Gasteiger partial charge >= 0.3 is 0 Å². The Balaban J connectivity index is 1.98. The first-order valence-electron chi connectivity index (χ1n) is 7.99. The third-order valence-corrected chi connectivity index (χ3v) is 5.40. The Morgan fingerprint density at radius 3 is 2.68 bits per heavy atom. The van der Waals surface area contributed by atoms with Crippen molar-refractivity contribution in [3.05, 3.63) is 63.0 Å². The maximum absolute atomic E-state index is 6.30. The molecule has 2 aromatic carbocycles. The molecule has 0 aliphatic rings. The Morgan fingerprint density at radius 1 is 1.08 bits per heavy atom. The normalized spacial score (nSPS) is 11.4. The van der Waals surface area contributed by atoms with Crippen molar-refractivity contribution in [3.63, 3.8) is 0 Å². The molecular weight excluding hydrogens is 352 g/mol. The third kappa shape index (κ3) is 2.51. The van der Waals surface area contributed by atoms with E-state index in [1.54, 1.807) is 0 Å². The van der Waals surface area contributed by atoms with E-state index in [-0.39, 0.29) is 0 Å². The highest BCUT2D eigenvalue weighted by atomic mass is 35.5. The quantitative estimate of drug-likeness (QED) is 0.449. The minimum atomic E-state index is 0.544. The summed E-state index contributed by atoms with van der Waals surface area (Å²) in [5.74, 6) is 0.774. The van der Waals surface area contributed by atoms with Crippen LogP contribution in [0, 0.1) is 25.5 Å². The molecule has 2 N–H and O–H groups in total. The van der Waals surface area contributed by atoms with E-state index in [0.717, 1.165) is 28.2 Å². The Labute approximate surface area is 155 Å². The van der Waals surface area contributed by atoms with Gasteiger partial charge < -0.3 is 4.98 Å². The number of rotatable bonds is 2. The summed E-state index contributed by atoms with van der Waals surface area (Å²) in [6.07, 6.45) is 0. The summed E-state index contributed by atoms with van der Waals surface area (Å²) in [5, 5.41) is 9.28. The largest absolute Gasteiger partial charge is 0.358 e. The molecule has 0 fully saturated rings. The van der Waals surface area contributed by atoms with Gasteiger partial charge in [0.2, 0.25) is 0 Å². The zero-order chi connectivity index (χ0) is 17.7. The molecule has 4 rings (SSSR count). The maximum Gasteiger partial charge on any atom is 0.200 e. The van der Waals surface area contributed by atoms with Gasteiger partial charge in [-0.05, 0) is 74.4 Å². The summed E-state index contributed by atoms with van der Waals surface area (Å²) in [5.41, 5.74) is 6.45. The van der Waals surface area contributed by atoms with E-state index >= 15 is 0 Å². The standard InChI is InChI=1S/C19H17ClN4S/c1-10-12(3)21-16-8-7-13(9-14(10)16)18-22-23-19(25)24(18)17-6-4-5-15(20)11(17)2/h4-9,21H,1-3H3,(H,23,25). The topological polar surface area (TPSA) is 49.4 Å². The molecule has 0 bridgehead atoms. The van der Waals surface area contributed by atoms with Crippen LogP contribution in [-0.2, 0) is 0 Å². The summed E-state index contributed by atoms with van der Waals surface area (Å²) in [6.45, 7) is 6.19. The molecule has 2 aromatic heterocycles. The fourth-order valence-electron chi connectivity index (χ4n) is 3.15. The van der Waals surface area contributed by atoms with Crippen LogP contribution in [0.2, 0.25) is 5.02 Å². The van der Waals surface area contributed by atoms with Gasteiger partial charge in [-0.2, -0.15) is 5.10 Å². The lowest BCUT2D eigenvalue weighted by atomic mass is 10.1. The Hall–Kier alpha value is -2.37. The summed E-state index contributed by atoms with van der Waals surface area (Å²) >= 11 is 11.8. The van der Waals surface area contributed by atoms with E-state index < -0.39 is 0 Å². The summed E-state index contributed by atoms with van der Waals surface area (Å²) in [6, 6.07) is 12.1. The molecule has 0 unspecified atom stereocenters. The molecule has 4 nitrogen and oxygen atoms in total. The number of aryl methyl sites for hydroxylation is 2. The Bertz CT molecular complexity index is 1170. The summed E-state index contributed by atoms with van der Waals surface area (Å²) in [7, 11) is 0. The number of halogens is 1. The molecule has 0 saturated carbocycles. The van der Waals surface area contributed by atoms with Crippen LogP contribution in [0.4, 0.5) is 0 Å². The SMILES string of the molecule is Cc1[nH]c2ccc(-c3n[nH]c(=S)n3-c3cccc(Cl)c3C)cc2c1C. The van der Waals surface area contributed by atoms with Gasteiger partial charge in [0.1, 0.15) is 0 Å². The van der Waals surface area contributed by atoms with Crippen LogP contribution in [0.1, 0.15) is 16.8 Å². The van der Waals surface area contributed by atoms with Gasteiger partial charge in [0, 0.05) is 27.2 Å². The minimum absolute atomic E-state index is 0.544. The summed E-state index contributed by atoms with van der Waals surface area (Å²) in [4.78, 5) is 3.40. The molecule has 6 heteroatoms. The van der Waals surface area contributed by atoms with Crippen LogP contribution >= 0.6 is 23.8 Å². The molecule has 25 heavy (non-hydrogen) atoms. The smallest absolute Gasteiger partial charge is 0.200 e. The van der Waals surface area contributed by atoms with Crippen molar-refractivity contribution in [1.29, 1.82) is 0 Å². The predicted molar refractivity (Wildman–Crippen MR) is 105 cm³/mol. The number of hydrogen-bond acceptors (Lipinski definition) is 2. The molecule has 2 heterocycles. The van der Waals surface area contributed by atoms with Crippen LogP contribution < -0.4 is 0 Å². The van der Waals surface area contributed by atoms with Gasteiger partial charge in [-0.1, -0.05) is 17.7 Å². The van der Waals surface area contributed by atoms with Gasteiger partial charge in [0.05, 0.1) is 5.69 Å². The second-order valence-electron chi connectivity index (χ2n) is 6.21. The van der Waals surface area contributed by atoms with Crippen molar-refractivity contribution in [3.8, 4) is 17.1 Å². The number of fused-ring (bicyclic) bond motifs is 1. The van der Waals surface area contributed by atoms with Crippen molar-refractivity contribution >= 4 is 34.7 Å². The second-order valence-corrected chi connectivity index (χ2v) is 7.00. The number of aromatic amines is 2. The lowest BCUT2D eigenvalue weighted by Gasteiger charge is -2.11. The van der Waals surface area contributed by atoms with Crippen molar-refractivity contribution in [1.82, 2.24) is 19.7 Å². The van der Waals surface area contributed by atoms with E-state index in [1.807, 2.05) is 29.7 Å². The van der Waals surface area contributed by atoms with Crippen LogP contribution in [0.15, 0.2) is 36.4 Å². The van der Waals surface area contributed by atoms with Crippen molar-refractivity contribution in [2.75, 3.05) is 0 Å². The Kier molecular flexibility index (Phi) is 3.78. The highest BCUT2D eigenvalue weighted by molar-refractivity contribution is 7.71. The van der Waals surface area contributed by atoms with E-state index in [9.17, 15) is 0 Å². The predicted octanol–water partition coefficient (Wildman–Crippen LogP) is 5.66. The highest BCUT2D eigenvalue weighted by Gasteiger charge is 2.15. The highest BCUT2D eigenvalue weighted by Crippen LogP contribution is 2.30. The lowest BCUT2D eigenvalue weighted by molar-refractivity contribution is 1.02. The van der Waals surface area contributed by atoms with Gasteiger partial charge in [-0.25, -0.2) is 0 Å². The molecule has 0 aliphatic carbocycles. The fraction of sp³-hybridized carbons (Fsp3) is 0.158. The summed E-state index contributed by atoms with van der Waals surface area (Å²) < 4.78 is 2.48. The molecule has 0 amide bonds. The first kappa shape index (κ1) is 16.1. The van der Waals surface area contributed by atoms with Crippen molar-refractivity contribution in [2.24, 2.45) is 0 Å². The number of hydrogen-bond donors (Lipinski definition) is 2. The van der Waals surface area contributed by atoms with Crippen LogP contribution in [0.25, 0.3) is 28.0 Å². The lowest BCUT2D eigenvalue weighted by Crippen LogP contribution is -2.00. The Morgan fingerprint density at radius 2 is 1.88 bits per heavy atom. The van der Waals surface area contributed by atoms with Gasteiger partial charge in [0.25, 0.3) is 0 Å². The average Bonchev–Trinajstić information content (AvgIpc) is 3.11. The number of nitrogens with zero attached hydrogens (tertiary/aromatic N) is 2. The van der Waals surface area contributed by atoms with Crippen LogP contribution in [-0.4, -0.2) is 19.7 Å². The second kappa shape index (κ2) is 5.86. The molecule has 0 saturated heterocycles. The van der Waals surface area contributed by atoms with Crippen LogP contribution in [0.5, 0.6) is 0 Å². The van der Waals surface area contributed by atoms with Gasteiger partial charge in [-0.3, -0.25) is 9.67 Å². The first-order chi connectivity index (χ1) is 12.0. The molecule has 0 radical (unpaired) electrons. The average molecular weight is 369 g/mol. The van der Waals surface area contributed by atoms with Crippen molar-refractivity contribution < 1.29 is 0 Å². The van der Waals surface area contributed by atoms with E-state index in [4.69, 9.17) is 23.8 Å². The monoisotopic (exact) mass is 368 g/mol. The zero-order valence-corrected chi connectivity index (χ0v) is 15.7. The third-order valence-electron chi connectivity index (χ3n) is 4.72. The molecule has 4 aromatic rings.